The maximum absolute atomic E-state index is 12.1. The number of carboxylic acid groups (broad SMARTS) is 1. The Bertz CT molecular complexity index is 731. The molecule has 24 heavy (non-hydrogen) atoms. The summed E-state index contributed by atoms with van der Waals surface area (Å²) >= 11 is 1.45. The predicted molar refractivity (Wildman–Crippen MR) is 86.1 cm³/mol. The molecule has 1 amide bonds. The molecule has 0 radical (unpaired) electrons. The second-order valence-corrected chi connectivity index (χ2v) is 7.31. The van der Waals surface area contributed by atoms with Gasteiger partial charge < -0.3 is 19.9 Å². The van der Waals surface area contributed by atoms with Crippen molar-refractivity contribution in [3.05, 3.63) is 40.2 Å². The number of hydrogen-bond donors (Lipinski definition) is 1. The van der Waals surface area contributed by atoms with Gasteiger partial charge in [0.05, 0.1) is 23.6 Å². The van der Waals surface area contributed by atoms with Gasteiger partial charge in [0.15, 0.2) is 11.9 Å². The van der Waals surface area contributed by atoms with Crippen LogP contribution in [0.15, 0.2) is 28.9 Å². The summed E-state index contributed by atoms with van der Waals surface area (Å²) < 4.78 is 2.02. The smallest absolute Gasteiger partial charge is 0.232 e. The third-order valence-electron chi connectivity index (χ3n) is 4.75. The van der Waals surface area contributed by atoms with Crippen LogP contribution in [0.2, 0.25) is 0 Å². The first-order valence-electron chi connectivity index (χ1n) is 7.90. The number of carbonyl (C=O) groups is 2. The minimum atomic E-state index is -1.30. The Morgan fingerprint density at radius 3 is 2.88 bits per heavy atom. The van der Waals surface area contributed by atoms with E-state index in [1.165, 1.54) is 16.7 Å². The van der Waals surface area contributed by atoms with Crippen LogP contribution >= 0.6 is 11.8 Å². The van der Waals surface area contributed by atoms with Crippen LogP contribution in [0, 0.1) is 12.8 Å². The Labute approximate surface area is 144 Å². The van der Waals surface area contributed by atoms with Gasteiger partial charge in [-0.2, -0.15) is 0 Å². The summed E-state index contributed by atoms with van der Waals surface area (Å²) in [4.78, 5) is 25.7. The summed E-state index contributed by atoms with van der Waals surface area (Å²) in [5.41, 5.74) is 2.24. The van der Waals surface area contributed by atoms with Crippen LogP contribution in [0.4, 0.5) is 0 Å². The molecule has 1 saturated heterocycles. The summed E-state index contributed by atoms with van der Waals surface area (Å²) in [6.07, 6.45) is 2.93. The highest BCUT2D eigenvalue weighted by Crippen LogP contribution is 2.47. The van der Waals surface area contributed by atoms with Crippen molar-refractivity contribution in [3.63, 3.8) is 0 Å². The molecular formula is C17H20N2O4S. The zero-order valence-corrected chi connectivity index (χ0v) is 14.5. The number of aliphatic hydroxyl groups excluding tert-OH is 1. The van der Waals surface area contributed by atoms with Crippen molar-refractivity contribution in [1.29, 1.82) is 0 Å². The second-order valence-electron chi connectivity index (χ2n) is 6.24. The molecule has 7 heteroatoms. The average Bonchev–Trinajstić information content (AvgIpc) is 2.89. The molecule has 0 saturated carbocycles. The van der Waals surface area contributed by atoms with Crippen molar-refractivity contribution in [2.75, 3.05) is 6.61 Å². The number of rotatable bonds is 6. The van der Waals surface area contributed by atoms with E-state index in [1.54, 1.807) is 0 Å². The van der Waals surface area contributed by atoms with Gasteiger partial charge in [0.25, 0.3) is 0 Å². The first-order valence-corrected chi connectivity index (χ1v) is 8.89. The van der Waals surface area contributed by atoms with E-state index in [4.69, 9.17) is 5.11 Å². The number of aryl methyl sites for hydroxylation is 2. The zero-order valence-electron chi connectivity index (χ0n) is 13.7. The normalized spacial score (nSPS) is 22.6. The third-order valence-corrected chi connectivity index (χ3v) is 5.94. The van der Waals surface area contributed by atoms with Gasteiger partial charge in [0.1, 0.15) is 7.05 Å². The van der Waals surface area contributed by atoms with Crippen molar-refractivity contribution < 1.29 is 24.4 Å². The summed E-state index contributed by atoms with van der Waals surface area (Å²) in [6.45, 7) is 1.95. The Balaban J connectivity index is 1.76. The topological polar surface area (TPSA) is 84.5 Å². The molecule has 2 aliphatic heterocycles. The van der Waals surface area contributed by atoms with E-state index in [0.29, 0.717) is 23.5 Å². The number of β-lactam (4-membered cyclic amide) rings is 1. The molecule has 2 atom stereocenters. The zero-order chi connectivity index (χ0) is 17.4. The van der Waals surface area contributed by atoms with Crippen LogP contribution in [0.5, 0.6) is 0 Å². The van der Waals surface area contributed by atoms with E-state index in [-0.39, 0.29) is 30.2 Å². The lowest BCUT2D eigenvalue weighted by molar-refractivity contribution is -0.678. The number of carboxylic acids is 1. The number of nitrogens with zero attached hydrogens (tertiary/aromatic N) is 2. The van der Waals surface area contributed by atoms with E-state index >= 15 is 0 Å². The van der Waals surface area contributed by atoms with Crippen molar-refractivity contribution in [2.24, 2.45) is 13.0 Å². The van der Waals surface area contributed by atoms with Crippen LogP contribution < -0.4 is 9.67 Å². The lowest BCUT2D eigenvalue weighted by atomic mass is 9.85. The number of fused-ring (bicyclic) bond motifs is 1. The number of aliphatic carboxylic acids is 1. The number of carbonyl (C=O) groups excluding carboxylic acids is 2. The molecule has 1 N–H and O–H groups in total. The number of aliphatic hydroxyl groups is 1. The number of amides is 1. The van der Waals surface area contributed by atoms with E-state index in [0.717, 1.165) is 11.3 Å². The highest BCUT2D eigenvalue weighted by molar-refractivity contribution is 8.02. The summed E-state index contributed by atoms with van der Waals surface area (Å²) in [7, 11) is 1.97. The number of aromatic nitrogens is 1. The van der Waals surface area contributed by atoms with Crippen LogP contribution in [0.25, 0.3) is 0 Å². The molecule has 1 aromatic heterocycles. The van der Waals surface area contributed by atoms with Gasteiger partial charge in [-0.25, -0.2) is 4.57 Å². The number of pyridine rings is 1. The van der Waals surface area contributed by atoms with E-state index in [2.05, 4.69) is 0 Å². The molecule has 0 spiro atoms. The van der Waals surface area contributed by atoms with Crippen LogP contribution in [-0.2, 0) is 22.4 Å². The highest BCUT2D eigenvalue weighted by atomic mass is 32.2. The SMILES string of the molecule is Cc1ccc(CSC2=C(C(=O)[O-])N3C(=O)[C@@H](CCO)[C@H]3C2)c[n+]1C. The number of thioether (sulfide) groups is 1. The minimum absolute atomic E-state index is 0.0145. The Hall–Kier alpha value is -1.86. The molecule has 6 nitrogen and oxygen atoms in total. The molecule has 1 fully saturated rings. The average molecular weight is 348 g/mol. The molecule has 3 heterocycles. The van der Waals surface area contributed by atoms with Crippen molar-refractivity contribution >= 4 is 23.6 Å². The predicted octanol–water partition coefficient (Wildman–Crippen LogP) is -0.373. The van der Waals surface area contributed by atoms with Crippen molar-refractivity contribution in [3.8, 4) is 0 Å². The monoisotopic (exact) mass is 348 g/mol. The lowest BCUT2D eigenvalue weighted by Crippen LogP contribution is -2.59. The van der Waals surface area contributed by atoms with Gasteiger partial charge in [0, 0.05) is 42.2 Å². The van der Waals surface area contributed by atoms with Crippen molar-refractivity contribution in [2.45, 2.75) is 31.6 Å². The third kappa shape index (κ3) is 2.82. The lowest BCUT2D eigenvalue weighted by Gasteiger charge is -2.44. The highest BCUT2D eigenvalue weighted by Gasteiger charge is 2.53. The molecule has 0 aliphatic carbocycles. The standard InChI is InChI=1S/C17H20N2O4S/c1-10-3-4-11(8-18(10)2)9-24-14-7-13-12(5-6-20)16(21)19(13)15(14)17(22)23/h3-4,8,12-13,20H,5-7,9H2,1-2H3/t12-,13+/m0/s1. The molecule has 3 rings (SSSR count). The van der Waals surface area contributed by atoms with Gasteiger partial charge in [0.2, 0.25) is 5.91 Å². The summed E-state index contributed by atoms with van der Waals surface area (Å²) in [5.74, 6) is -1.16. The van der Waals surface area contributed by atoms with Gasteiger partial charge in [-0.05, 0) is 12.5 Å². The molecule has 0 unspecified atom stereocenters. The van der Waals surface area contributed by atoms with Crippen molar-refractivity contribution in [1.82, 2.24) is 4.90 Å². The maximum atomic E-state index is 12.1. The fraction of sp³-hybridized carbons (Fsp3) is 0.471. The minimum Gasteiger partial charge on any atom is -0.543 e. The fourth-order valence-corrected chi connectivity index (χ4v) is 4.44. The molecule has 128 valence electrons. The van der Waals surface area contributed by atoms with E-state index < -0.39 is 5.97 Å². The van der Waals surface area contributed by atoms with Crippen LogP contribution in [0.1, 0.15) is 24.1 Å². The first-order chi connectivity index (χ1) is 11.4. The maximum Gasteiger partial charge on any atom is 0.232 e. The molecule has 0 bridgehead atoms. The van der Waals surface area contributed by atoms with Gasteiger partial charge in [-0.15, -0.1) is 11.8 Å². The Kier molecular flexibility index (Phi) is 4.64. The largest absolute Gasteiger partial charge is 0.543 e. The van der Waals surface area contributed by atoms with Gasteiger partial charge in [-0.3, -0.25) is 4.79 Å². The summed E-state index contributed by atoms with van der Waals surface area (Å²) in [6, 6.07) is 3.90. The van der Waals surface area contributed by atoms with E-state index in [9.17, 15) is 14.7 Å². The second kappa shape index (κ2) is 6.57. The molecule has 2 aliphatic rings. The first kappa shape index (κ1) is 17.0. The van der Waals surface area contributed by atoms with E-state index in [1.807, 2.05) is 36.9 Å². The van der Waals surface area contributed by atoms with Crippen LogP contribution in [0.3, 0.4) is 0 Å². The molecule has 1 aromatic rings. The number of hydrogen-bond acceptors (Lipinski definition) is 5. The quantitative estimate of drug-likeness (QED) is 0.560. The molecular weight excluding hydrogens is 328 g/mol. The molecule has 0 aromatic carbocycles. The van der Waals surface area contributed by atoms with Crippen LogP contribution in [-0.4, -0.2) is 34.5 Å². The Morgan fingerprint density at radius 2 is 2.25 bits per heavy atom. The van der Waals surface area contributed by atoms with Gasteiger partial charge in [-0.1, -0.05) is 0 Å². The summed E-state index contributed by atoms with van der Waals surface area (Å²) in [5, 5.41) is 20.6. The fourth-order valence-electron chi connectivity index (χ4n) is 3.32. The Morgan fingerprint density at radius 1 is 1.50 bits per heavy atom. The van der Waals surface area contributed by atoms with Gasteiger partial charge >= 0.3 is 0 Å².